The van der Waals surface area contributed by atoms with Crippen molar-refractivity contribution in [2.75, 3.05) is 7.11 Å². The molecule has 0 saturated heterocycles. The average molecular weight is 469 g/mol. The third-order valence-corrected chi connectivity index (χ3v) is 5.35. The molecule has 4 rings (SSSR count). The number of phenols is 1. The molecule has 0 saturated carbocycles. The number of rotatable bonds is 7. The molecule has 0 bridgehead atoms. The number of hydrogen-bond donors (Lipinski definition) is 1. The smallest absolute Gasteiger partial charge is 0.172 e. The van der Waals surface area contributed by atoms with E-state index in [1.807, 2.05) is 12.1 Å². The Bertz CT molecular complexity index is 1230. The Balaban J connectivity index is 1.59. The molecule has 0 aliphatic carbocycles. The first kappa shape index (κ1) is 21.7. The molecule has 0 atom stereocenters. The number of aromatic nitrogens is 2. The molecule has 1 aromatic heterocycles. The summed E-state index contributed by atoms with van der Waals surface area (Å²) in [4.78, 5) is 8.34. The topological polar surface area (TPSA) is 73.7 Å². The van der Waals surface area contributed by atoms with E-state index in [4.69, 9.17) is 37.4 Å². The third-order valence-electron chi connectivity index (χ3n) is 4.64. The summed E-state index contributed by atoms with van der Waals surface area (Å²) in [5, 5.41) is 11.7. The fourth-order valence-corrected chi connectivity index (χ4v) is 3.55. The molecule has 162 valence electrons. The maximum atomic E-state index is 10.7. The Hall–Kier alpha value is -3.48. The van der Waals surface area contributed by atoms with E-state index in [1.54, 1.807) is 49.6 Å². The third kappa shape index (κ3) is 4.72. The van der Waals surface area contributed by atoms with E-state index >= 15 is 0 Å². The van der Waals surface area contributed by atoms with Crippen LogP contribution in [-0.2, 0) is 6.61 Å². The Morgan fingerprint density at radius 3 is 2.38 bits per heavy atom. The number of para-hydroxylation sites is 2. The van der Waals surface area contributed by atoms with E-state index in [0.717, 1.165) is 0 Å². The zero-order chi connectivity index (χ0) is 22.5. The van der Waals surface area contributed by atoms with E-state index in [0.29, 0.717) is 49.9 Å². The van der Waals surface area contributed by atoms with Crippen LogP contribution in [0, 0.1) is 0 Å². The van der Waals surface area contributed by atoms with Crippen LogP contribution >= 0.6 is 23.2 Å². The number of nitrogens with zero attached hydrogens (tertiary/aromatic N) is 2. The largest absolute Gasteiger partial charge is 0.507 e. The number of aromatic hydroxyl groups is 1. The number of phenolic OH excluding ortho intramolecular Hbond substituents is 1. The van der Waals surface area contributed by atoms with Gasteiger partial charge in [0.15, 0.2) is 17.2 Å². The van der Waals surface area contributed by atoms with Gasteiger partial charge in [0.2, 0.25) is 0 Å². The highest BCUT2D eigenvalue weighted by molar-refractivity contribution is 6.35. The molecule has 3 aromatic carbocycles. The number of benzene rings is 3. The van der Waals surface area contributed by atoms with Crippen molar-refractivity contribution in [3.63, 3.8) is 0 Å². The lowest BCUT2D eigenvalue weighted by molar-refractivity contribution is 0.304. The van der Waals surface area contributed by atoms with Crippen LogP contribution in [0.15, 0.2) is 73.2 Å². The monoisotopic (exact) mass is 468 g/mol. The van der Waals surface area contributed by atoms with Gasteiger partial charge in [-0.3, -0.25) is 0 Å². The van der Waals surface area contributed by atoms with Gasteiger partial charge in [-0.1, -0.05) is 41.4 Å². The molecule has 0 fully saturated rings. The molecule has 0 radical (unpaired) electrons. The molecule has 0 aliphatic heterocycles. The first-order chi connectivity index (χ1) is 15.6. The summed E-state index contributed by atoms with van der Waals surface area (Å²) < 4.78 is 17.1. The van der Waals surface area contributed by atoms with Crippen molar-refractivity contribution in [1.82, 2.24) is 9.97 Å². The van der Waals surface area contributed by atoms with Crippen molar-refractivity contribution >= 4 is 23.2 Å². The van der Waals surface area contributed by atoms with Crippen LogP contribution in [0.1, 0.15) is 5.56 Å². The second-order valence-electron chi connectivity index (χ2n) is 6.66. The average Bonchev–Trinajstić information content (AvgIpc) is 2.80. The highest BCUT2D eigenvalue weighted by Gasteiger charge is 2.16. The summed E-state index contributed by atoms with van der Waals surface area (Å²) in [6.45, 7) is 0.160. The van der Waals surface area contributed by atoms with Gasteiger partial charge >= 0.3 is 0 Å². The Morgan fingerprint density at radius 1 is 0.906 bits per heavy atom. The normalized spacial score (nSPS) is 10.6. The van der Waals surface area contributed by atoms with E-state index < -0.39 is 0 Å². The van der Waals surface area contributed by atoms with Crippen LogP contribution in [0.25, 0.3) is 11.3 Å². The lowest BCUT2D eigenvalue weighted by Gasteiger charge is -2.14. The van der Waals surface area contributed by atoms with Gasteiger partial charge in [0.1, 0.15) is 30.1 Å². The fourth-order valence-electron chi connectivity index (χ4n) is 3.04. The van der Waals surface area contributed by atoms with E-state index in [1.165, 1.54) is 18.6 Å². The number of methoxy groups -OCH3 is 1. The molecule has 0 unspecified atom stereocenters. The maximum Gasteiger partial charge on any atom is 0.172 e. The summed E-state index contributed by atoms with van der Waals surface area (Å²) in [5.74, 6) is 1.85. The van der Waals surface area contributed by atoms with Crippen molar-refractivity contribution < 1.29 is 19.3 Å². The summed E-state index contributed by atoms with van der Waals surface area (Å²) in [6, 6.07) is 17.4. The molecule has 1 N–H and O–H groups in total. The van der Waals surface area contributed by atoms with Gasteiger partial charge in [-0.15, -0.1) is 0 Å². The molecule has 32 heavy (non-hydrogen) atoms. The SMILES string of the molecule is COc1ccccc1Oc1cncnc1-c1ccc(OCc2c(Cl)cccc2Cl)cc1O. The number of ether oxygens (including phenoxy) is 3. The van der Waals surface area contributed by atoms with Crippen LogP contribution in [0.3, 0.4) is 0 Å². The second-order valence-corrected chi connectivity index (χ2v) is 7.47. The molecule has 0 amide bonds. The predicted molar refractivity (Wildman–Crippen MR) is 123 cm³/mol. The lowest BCUT2D eigenvalue weighted by atomic mass is 10.1. The zero-order valence-corrected chi connectivity index (χ0v) is 18.5. The molecule has 4 aromatic rings. The molecular weight excluding hydrogens is 451 g/mol. The van der Waals surface area contributed by atoms with Crippen molar-refractivity contribution in [3.05, 3.63) is 88.8 Å². The quantitative estimate of drug-likeness (QED) is 0.332. The molecule has 1 heterocycles. The fraction of sp³-hybridized carbons (Fsp3) is 0.0833. The van der Waals surface area contributed by atoms with Crippen molar-refractivity contribution in [2.24, 2.45) is 0 Å². The van der Waals surface area contributed by atoms with Crippen molar-refractivity contribution in [3.8, 4) is 40.0 Å². The van der Waals surface area contributed by atoms with Gasteiger partial charge in [0, 0.05) is 27.2 Å². The molecule has 8 heteroatoms. The molecule has 0 aliphatic rings. The van der Waals surface area contributed by atoms with Gasteiger partial charge in [0.25, 0.3) is 0 Å². The highest BCUT2D eigenvalue weighted by atomic mass is 35.5. The maximum absolute atomic E-state index is 10.7. The van der Waals surface area contributed by atoms with Crippen LogP contribution in [0.2, 0.25) is 10.0 Å². The summed E-state index contributed by atoms with van der Waals surface area (Å²) in [6.07, 6.45) is 2.91. The van der Waals surface area contributed by atoms with Gasteiger partial charge in [-0.2, -0.15) is 0 Å². The van der Waals surface area contributed by atoms with Gasteiger partial charge in [0.05, 0.1) is 13.3 Å². The minimum absolute atomic E-state index is 0.0312. The van der Waals surface area contributed by atoms with E-state index in [2.05, 4.69) is 9.97 Å². The van der Waals surface area contributed by atoms with E-state index in [9.17, 15) is 5.11 Å². The van der Waals surface area contributed by atoms with Crippen LogP contribution in [-0.4, -0.2) is 22.2 Å². The van der Waals surface area contributed by atoms with Gasteiger partial charge in [-0.05, 0) is 36.4 Å². The minimum Gasteiger partial charge on any atom is -0.507 e. The van der Waals surface area contributed by atoms with Crippen LogP contribution in [0.4, 0.5) is 0 Å². The molecule has 0 spiro atoms. The van der Waals surface area contributed by atoms with E-state index in [-0.39, 0.29) is 12.4 Å². The predicted octanol–water partition coefficient (Wildman–Crippen LogP) is 6.54. The van der Waals surface area contributed by atoms with Crippen molar-refractivity contribution in [2.45, 2.75) is 6.61 Å². The van der Waals surface area contributed by atoms with Gasteiger partial charge < -0.3 is 19.3 Å². The summed E-state index contributed by atoms with van der Waals surface area (Å²) in [7, 11) is 1.56. The van der Waals surface area contributed by atoms with Crippen LogP contribution in [0.5, 0.6) is 28.7 Å². The number of hydrogen-bond acceptors (Lipinski definition) is 6. The van der Waals surface area contributed by atoms with Crippen molar-refractivity contribution in [1.29, 1.82) is 0 Å². The standard InChI is InChI=1S/C24H18Cl2N2O4/c1-30-21-7-2-3-8-22(21)32-23-12-27-14-28-24(23)16-10-9-15(11-20(16)29)31-13-17-18(25)5-4-6-19(17)26/h2-12,14,29H,13H2,1H3. The zero-order valence-electron chi connectivity index (χ0n) is 17.0. The van der Waals surface area contributed by atoms with Crippen LogP contribution < -0.4 is 14.2 Å². The molecular formula is C24H18Cl2N2O4. The second kappa shape index (κ2) is 9.77. The lowest BCUT2D eigenvalue weighted by Crippen LogP contribution is -1.98. The minimum atomic E-state index is -0.0312. The first-order valence-corrected chi connectivity index (χ1v) is 10.3. The Morgan fingerprint density at radius 2 is 1.66 bits per heavy atom. The summed E-state index contributed by atoms with van der Waals surface area (Å²) in [5.41, 5.74) is 1.55. The van der Waals surface area contributed by atoms with Gasteiger partial charge in [-0.25, -0.2) is 9.97 Å². The number of halogens is 2. The first-order valence-electron chi connectivity index (χ1n) is 9.56. The Labute approximate surface area is 195 Å². The summed E-state index contributed by atoms with van der Waals surface area (Å²) >= 11 is 12.4. The Kier molecular flexibility index (Phi) is 6.63. The molecule has 6 nitrogen and oxygen atoms in total. The highest BCUT2D eigenvalue weighted by Crippen LogP contribution is 2.39.